The van der Waals surface area contributed by atoms with Gasteiger partial charge in [0.25, 0.3) is 0 Å². The lowest BCUT2D eigenvalue weighted by atomic mass is 10.2. The first-order valence-electron chi connectivity index (χ1n) is 10.4. The van der Waals surface area contributed by atoms with Crippen LogP contribution in [0.2, 0.25) is 0 Å². The molecule has 0 bridgehead atoms. The van der Waals surface area contributed by atoms with Crippen LogP contribution in [0.25, 0.3) is 0 Å². The number of hydrogen-bond donors (Lipinski definition) is 1. The van der Waals surface area contributed by atoms with Gasteiger partial charge >= 0.3 is 0 Å². The number of rotatable bonds is 8. The SMILES string of the molecule is CCN(CC)c1ccc(NCC(=O)N2CCN(c3ccc(OC)cc3)CC2)cc1. The van der Waals surface area contributed by atoms with Crippen molar-refractivity contribution in [1.82, 2.24) is 4.90 Å². The van der Waals surface area contributed by atoms with Crippen LogP contribution in [0.4, 0.5) is 17.1 Å². The van der Waals surface area contributed by atoms with Crippen LogP contribution in [0.15, 0.2) is 48.5 Å². The highest BCUT2D eigenvalue weighted by atomic mass is 16.5. The molecular weight excluding hydrogens is 364 g/mol. The number of ether oxygens (including phenoxy) is 1. The van der Waals surface area contributed by atoms with Crippen LogP contribution in [-0.4, -0.2) is 63.7 Å². The zero-order valence-electron chi connectivity index (χ0n) is 17.7. The quantitative estimate of drug-likeness (QED) is 0.742. The van der Waals surface area contributed by atoms with Crippen molar-refractivity contribution in [2.45, 2.75) is 13.8 Å². The van der Waals surface area contributed by atoms with Gasteiger partial charge in [-0.25, -0.2) is 0 Å². The number of anilines is 3. The molecule has 0 atom stereocenters. The summed E-state index contributed by atoms with van der Waals surface area (Å²) in [5, 5.41) is 3.26. The minimum absolute atomic E-state index is 0.146. The first-order valence-corrected chi connectivity index (χ1v) is 10.4. The lowest BCUT2D eigenvalue weighted by Gasteiger charge is -2.36. The Kier molecular flexibility index (Phi) is 7.22. The van der Waals surface area contributed by atoms with Gasteiger partial charge < -0.3 is 24.8 Å². The number of nitrogens with one attached hydrogen (secondary N) is 1. The Hall–Kier alpha value is -2.89. The minimum Gasteiger partial charge on any atom is -0.497 e. The summed E-state index contributed by atoms with van der Waals surface area (Å²) in [5.74, 6) is 1.01. The molecule has 1 amide bonds. The number of nitrogens with zero attached hydrogens (tertiary/aromatic N) is 3. The summed E-state index contributed by atoms with van der Waals surface area (Å²) in [7, 11) is 1.67. The largest absolute Gasteiger partial charge is 0.497 e. The van der Waals surface area contributed by atoms with Crippen molar-refractivity contribution < 1.29 is 9.53 Å². The zero-order chi connectivity index (χ0) is 20.6. The first kappa shape index (κ1) is 20.8. The van der Waals surface area contributed by atoms with E-state index in [1.807, 2.05) is 29.2 Å². The molecule has 6 nitrogen and oxygen atoms in total. The number of carbonyl (C=O) groups is 1. The molecule has 0 aromatic heterocycles. The molecule has 1 aliphatic rings. The number of piperazine rings is 1. The lowest BCUT2D eigenvalue weighted by Crippen LogP contribution is -2.50. The molecule has 2 aromatic rings. The summed E-state index contributed by atoms with van der Waals surface area (Å²) in [6.45, 7) is 9.79. The Bertz CT molecular complexity index is 764. The van der Waals surface area contributed by atoms with Crippen molar-refractivity contribution >= 4 is 23.0 Å². The lowest BCUT2D eigenvalue weighted by molar-refractivity contribution is -0.129. The second-order valence-electron chi connectivity index (χ2n) is 7.14. The highest BCUT2D eigenvalue weighted by molar-refractivity contribution is 5.81. The van der Waals surface area contributed by atoms with E-state index < -0.39 is 0 Å². The van der Waals surface area contributed by atoms with E-state index in [0.717, 1.165) is 50.7 Å². The highest BCUT2D eigenvalue weighted by Crippen LogP contribution is 2.21. The van der Waals surface area contributed by atoms with Gasteiger partial charge in [0.05, 0.1) is 13.7 Å². The Balaban J connectivity index is 1.46. The fourth-order valence-electron chi connectivity index (χ4n) is 3.68. The van der Waals surface area contributed by atoms with Crippen LogP contribution in [0.1, 0.15) is 13.8 Å². The van der Waals surface area contributed by atoms with E-state index >= 15 is 0 Å². The summed E-state index contributed by atoms with van der Waals surface area (Å²) >= 11 is 0. The maximum Gasteiger partial charge on any atom is 0.241 e. The van der Waals surface area contributed by atoms with Crippen molar-refractivity contribution in [3.63, 3.8) is 0 Å². The molecule has 0 radical (unpaired) electrons. The topological polar surface area (TPSA) is 48.1 Å². The van der Waals surface area contributed by atoms with Crippen LogP contribution < -0.4 is 19.9 Å². The standard InChI is InChI=1S/C23H32N4O2/c1-4-25(5-2)20-8-6-19(7-9-20)24-18-23(28)27-16-14-26(15-17-27)21-10-12-22(29-3)13-11-21/h6-13,24H,4-5,14-18H2,1-3H3. The molecule has 1 N–H and O–H groups in total. The number of hydrogen-bond acceptors (Lipinski definition) is 5. The Morgan fingerprint density at radius 2 is 1.59 bits per heavy atom. The van der Waals surface area contributed by atoms with Gasteiger partial charge in [0.2, 0.25) is 5.91 Å². The summed E-state index contributed by atoms with van der Waals surface area (Å²) in [6, 6.07) is 16.4. The molecule has 2 aromatic carbocycles. The fraction of sp³-hybridized carbons (Fsp3) is 0.435. The molecule has 0 unspecified atom stereocenters. The predicted molar refractivity (Wildman–Crippen MR) is 120 cm³/mol. The number of methoxy groups -OCH3 is 1. The summed E-state index contributed by atoms with van der Waals surface area (Å²) in [6.07, 6.45) is 0. The van der Waals surface area contributed by atoms with E-state index in [0.29, 0.717) is 6.54 Å². The van der Waals surface area contributed by atoms with Crippen LogP contribution in [-0.2, 0) is 4.79 Å². The molecule has 29 heavy (non-hydrogen) atoms. The van der Waals surface area contributed by atoms with E-state index in [1.165, 1.54) is 11.4 Å². The molecule has 3 rings (SSSR count). The minimum atomic E-state index is 0.146. The summed E-state index contributed by atoms with van der Waals surface area (Å²) in [5.41, 5.74) is 3.36. The average Bonchev–Trinajstić information content (AvgIpc) is 2.79. The van der Waals surface area contributed by atoms with Gasteiger partial charge in [0.1, 0.15) is 5.75 Å². The molecule has 156 valence electrons. The van der Waals surface area contributed by atoms with E-state index in [2.05, 4.69) is 53.2 Å². The second-order valence-corrected chi connectivity index (χ2v) is 7.14. The van der Waals surface area contributed by atoms with Gasteiger partial charge in [-0.15, -0.1) is 0 Å². The molecule has 1 fully saturated rings. The van der Waals surface area contributed by atoms with Crippen molar-refractivity contribution in [2.75, 3.05) is 68.0 Å². The van der Waals surface area contributed by atoms with Crippen molar-refractivity contribution in [3.05, 3.63) is 48.5 Å². The average molecular weight is 397 g/mol. The maximum absolute atomic E-state index is 12.6. The second kappa shape index (κ2) is 10.0. The van der Waals surface area contributed by atoms with Gasteiger partial charge in [0, 0.05) is 56.3 Å². The van der Waals surface area contributed by atoms with Crippen LogP contribution >= 0.6 is 0 Å². The van der Waals surface area contributed by atoms with E-state index in [4.69, 9.17) is 4.74 Å². The van der Waals surface area contributed by atoms with E-state index in [9.17, 15) is 4.79 Å². The molecule has 0 spiro atoms. The Labute approximate surface area is 174 Å². The van der Waals surface area contributed by atoms with Crippen molar-refractivity contribution in [1.29, 1.82) is 0 Å². The van der Waals surface area contributed by atoms with E-state index in [1.54, 1.807) is 7.11 Å². The third-order valence-electron chi connectivity index (χ3n) is 5.51. The fourth-order valence-corrected chi connectivity index (χ4v) is 3.68. The normalized spacial score (nSPS) is 13.9. The molecule has 0 aliphatic carbocycles. The van der Waals surface area contributed by atoms with Gasteiger partial charge in [-0.2, -0.15) is 0 Å². The van der Waals surface area contributed by atoms with Gasteiger partial charge in [0.15, 0.2) is 0 Å². The summed E-state index contributed by atoms with van der Waals surface area (Å²) in [4.78, 5) is 19.1. The van der Waals surface area contributed by atoms with Gasteiger partial charge in [-0.05, 0) is 62.4 Å². The Morgan fingerprint density at radius 3 is 2.14 bits per heavy atom. The number of benzene rings is 2. The molecule has 1 aliphatic heterocycles. The van der Waals surface area contributed by atoms with Gasteiger partial charge in [-0.1, -0.05) is 0 Å². The van der Waals surface area contributed by atoms with Crippen LogP contribution in [0, 0.1) is 0 Å². The maximum atomic E-state index is 12.6. The van der Waals surface area contributed by atoms with Crippen LogP contribution in [0.5, 0.6) is 5.75 Å². The number of amides is 1. The first-order chi connectivity index (χ1) is 14.1. The highest BCUT2D eigenvalue weighted by Gasteiger charge is 2.21. The Morgan fingerprint density at radius 1 is 0.966 bits per heavy atom. The molecule has 1 heterocycles. The third-order valence-corrected chi connectivity index (χ3v) is 5.51. The van der Waals surface area contributed by atoms with Crippen molar-refractivity contribution in [2.24, 2.45) is 0 Å². The molecule has 1 saturated heterocycles. The molecule has 6 heteroatoms. The zero-order valence-corrected chi connectivity index (χ0v) is 17.7. The third kappa shape index (κ3) is 5.34. The van der Waals surface area contributed by atoms with Crippen LogP contribution in [0.3, 0.4) is 0 Å². The monoisotopic (exact) mass is 396 g/mol. The molecular formula is C23H32N4O2. The van der Waals surface area contributed by atoms with E-state index in [-0.39, 0.29) is 5.91 Å². The van der Waals surface area contributed by atoms with Crippen molar-refractivity contribution in [3.8, 4) is 5.75 Å². The summed E-state index contributed by atoms with van der Waals surface area (Å²) < 4.78 is 5.22. The number of carbonyl (C=O) groups excluding carboxylic acids is 1. The van der Waals surface area contributed by atoms with Gasteiger partial charge in [-0.3, -0.25) is 4.79 Å². The predicted octanol–water partition coefficient (Wildman–Crippen LogP) is 3.30. The molecule has 0 saturated carbocycles. The smallest absolute Gasteiger partial charge is 0.241 e.